The Morgan fingerprint density at radius 3 is 2.50 bits per heavy atom. The van der Waals surface area contributed by atoms with E-state index < -0.39 is 33.7 Å². The Balaban J connectivity index is 1.12. The van der Waals surface area contributed by atoms with E-state index in [1.54, 1.807) is 30.3 Å². The smallest absolute Gasteiger partial charge is 0.310 e. The number of carboxylic acids is 1. The van der Waals surface area contributed by atoms with Gasteiger partial charge in [-0.25, -0.2) is 4.68 Å². The summed E-state index contributed by atoms with van der Waals surface area (Å²) in [6, 6.07) is 11.1. The molecule has 4 aliphatic rings. The summed E-state index contributed by atoms with van der Waals surface area (Å²) >= 11 is 0. The molecular weight excluding hydrogens is 739 g/mol. The summed E-state index contributed by atoms with van der Waals surface area (Å²) in [5.41, 5.74) is 3.28. The van der Waals surface area contributed by atoms with Crippen molar-refractivity contribution in [1.29, 1.82) is 0 Å². The van der Waals surface area contributed by atoms with E-state index in [1.165, 1.54) is 12.8 Å². The lowest BCUT2D eigenvalue weighted by atomic mass is 9.71. The maximum Gasteiger partial charge on any atom is 0.310 e. The highest BCUT2D eigenvalue weighted by molar-refractivity contribution is 8.22. The predicted molar refractivity (Wildman–Crippen MR) is 209 cm³/mol. The van der Waals surface area contributed by atoms with Crippen LogP contribution in [-0.4, -0.2) is 119 Å². The molecule has 3 fully saturated rings. The third kappa shape index (κ3) is 7.72. The molecule has 302 valence electrons. The highest BCUT2D eigenvalue weighted by Crippen LogP contribution is 2.59. The second-order valence-electron chi connectivity index (χ2n) is 16.3. The summed E-state index contributed by atoms with van der Waals surface area (Å²) in [7, 11) is -3.65. The molecule has 3 aliphatic heterocycles. The molecule has 8 rings (SSSR count). The van der Waals surface area contributed by atoms with E-state index >= 15 is 0 Å². The van der Waals surface area contributed by atoms with E-state index in [-0.39, 0.29) is 23.9 Å². The third-order valence-electron chi connectivity index (χ3n) is 11.9. The SMILES string of the molecule is Cc1ccc(C(c2ccc3c(nnn3CC3CC3)c2C)C(C)(C)C(=O)O)nc1CN1CC2(CCOCC2)Oc2nc(OCCN3CCOCC3)ccc2S1(O)O. The summed E-state index contributed by atoms with van der Waals surface area (Å²) < 4.78 is 51.8. The zero-order valence-corrected chi connectivity index (χ0v) is 33.5. The summed E-state index contributed by atoms with van der Waals surface area (Å²) in [6.07, 6.45) is 3.44. The van der Waals surface area contributed by atoms with Crippen LogP contribution >= 0.6 is 10.8 Å². The number of carbonyl (C=O) groups is 1. The average molecular weight is 792 g/mol. The van der Waals surface area contributed by atoms with Crippen molar-refractivity contribution in [2.75, 3.05) is 59.2 Å². The van der Waals surface area contributed by atoms with Crippen molar-refractivity contribution in [1.82, 2.24) is 34.2 Å². The lowest BCUT2D eigenvalue weighted by Crippen LogP contribution is -2.50. The van der Waals surface area contributed by atoms with Crippen LogP contribution in [0.5, 0.6) is 11.8 Å². The number of ether oxygens (including phenoxy) is 4. The molecule has 4 aromatic rings. The van der Waals surface area contributed by atoms with Gasteiger partial charge in [0.2, 0.25) is 11.8 Å². The highest BCUT2D eigenvalue weighted by Gasteiger charge is 2.47. The number of aromatic nitrogens is 5. The third-order valence-corrected chi connectivity index (χ3v) is 13.8. The number of hydrogen-bond acceptors (Lipinski definition) is 13. The molecule has 2 saturated heterocycles. The molecule has 1 unspecified atom stereocenters. The molecule has 1 aliphatic carbocycles. The van der Waals surface area contributed by atoms with Gasteiger partial charge < -0.3 is 24.1 Å². The average Bonchev–Trinajstić information content (AvgIpc) is 3.92. The number of rotatable bonds is 12. The first-order valence-corrected chi connectivity index (χ1v) is 21.1. The lowest BCUT2D eigenvalue weighted by molar-refractivity contribution is -0.147. The standard InChI is InChI=1S/C40H53N7O8S/c1-26-5-9-30(35(39(3,4)38(48)49)29-8-10-32-36(27(29)2)43-44-47(32)23-28-6-7-28)41-31(26)24-46-25-40(13-18-52-19-14-40)55-37-33(56(46,50)51)11-12-34(42-37)54-22-17-45-15-20-53-21-16-45/h5,8-12,28,35,50-51H,6-7,13-25H2,1-4H3,(H,48,49). The summed E-state index contributed by atoms with van der Waals surface area (Å²) in [5.74, 6) is -0.508. The minimum atomic E-state index is -3.65. The second kappa shape index (κ2) is 15.5. The molecule has 1 aromatic carbocycles. The highest BCUT2D eigenvalue weighted by atomic mass is 32.3. The molecular formula is C40H53N7O8S. The van der Waals surface area contributed by atoms with Crippen LogP contribution in [0.25, 0.3) is 11.0 Å². The van der Waals surface area contributed by atoms with Crippen LogP contribution in [0.3, 0.4) is 0 Å². The van der Waals surface area contributed by atoms with Crippen LogP contribution in [0.1, 0.15) is 73.5 Å². The largest absolute Gasteiger partial charge is 0.481 e. The number of fused-ring (bicyclic) bond motifs is 2. The van der Waals surface area contributed by atoms with Gasteiger partial charge in [-0.3, -0.25) is 23.8 Å². The Hall–Kier alpha value is -3.90. The number of pyridine rings is 2. The maximum absolute atomic E-state index is 13.0. The first kappa shape index (κ1) is 38.9. The van der Waals surface area contributed by atoms with Gasteiger partial charge in [0, 0.05) is 56.7 Å². The zero-order valence-electron chi connectivity index (χ0n) is 32.6. The van der Waals surface area contributed by atoms with Crippen molar-refractivity contribution >= 4 is 27.8 Å². The Bertz CT molecular complexity index is 2080. The van der Waals surface area contributed by atoms with Gasteiger partial charge in [-0.15, -0.1) is 15.9 Å². The predicted octanol–water partition coefficient (Wildman–Crippen LogP) is 5.67. The van der Waals surface area contributed by atoms with E-state index in [0.717, 1.165) is 53.9 Å². The first-order chi connectivity index (χ1) is 26.8. The molecule has 15 nitrogen and oxygen atoms in total. The Kier molecular flexibility index (Phi) is 10.7. The first-order valence-electron chi connectivity index (χ1n) is 19.6. The van der Waals surface area contributed by atoms with E-state index in [0.29, 0.717) is 69.1 Å². The number of aliphatic carboxylic acids is 1. The van der Waals surface area contributed by atoms with Crippen LogP contribution in [-0.2, 0) is 27.4 Å². The quantitative estimate of drug-likeness (QED) is 0.160. The van der Waals surface area contributed by atoms with Crippen molar-refractivity contribution in [3.63, 3.8) is 0 Å². The van der Waals surface area contributed by atoms with Gasteiger partial charge in [-0.1, -0.05) is 17.3 Å². The fourth-order valence-corrected chi connectivity index (χ4v) is 9.67. The van der Waals surface area contributed by atoms with Gasteiger partial charge in [0.15, 0.2) is 0 Å². The van der Waals surface area contributed by atoms with Crippen molar-refractivity contribution < 1.29 is 38.0 Å². The molecule has 56 heavy (non-hydrogen) atoms. The minimum Gasteiger partial charge on any atom is -0.481 e. The van der Waals surface area contributed by atoms with Gasteiger partial charge in [-0.2, -0.15) is 9.29 Å². The van der Waals surface area contributed by atoms with Crippen LogP contribution in [0, 0.1) is 25.2 Å². The van der Waals surface area contributed by atoms with Gasteiger partial charge >= 0.3 is 5.97 Å². The number of nitrogens with zero attached hydrogens (tertiary/aromatic N) is 7. The molecule has 3 aromatic heterocycles. The topological polar surface area (TPSA) is 178 Å². The van der Waals surface area contributed by atoms with E-state index in [9.17, 15) is 19.0 Å². The fourth-order valence-electron chi connectivity index (χ4n) is 8.11. The molecule has 1 spiro atoms. The molecule has 16 heteroatoms. The molecule has 3 N–H and O–H groups in total. The molecule has 0 radical (unpaired) electrons. The number of morpholine rings is 1. The van der Waals surface area contributed by atoms with Crippen LogP contribution in [0.15, 0.2) is 41.3 Å². The zero-order chi connectivity index (χ0) is 39.2. The molecule has 1 atom stereocenters. The van der Waals surface area contributed by atoms with Gasteiger partial charge in [0.25, 0.3) is 0 Å². The van der Waals surface area contributed by atoms with Crippen molar-refractivity contribution in [2.24, 2.45) is 11.3 Å². The number of hydrogen-bond donors (Lipinski definition) is 3. The molecule has 1 saturated carbocycles. The van der Waals surface area contributed by atoms with Gasteiger partial charge in [-0.05, 0) is 81.3 Å². The fraction of sp³-hybridized carbons (Fsp3) is 0.575. The molecule has 6 heterocycles. The van der Waals surface area contributed by atoms with Gasteiger partial charge in [0.05, 0.1) is 56.1 Å². The maximum atomic E-state index is 13.0. The van der Waals surface area contributed by atoms with Gasteiger partial charge in [0.1, 0.15) is 22.6 Å². The van der Waals surface area contributed by atoms with Crippen molar-refractivity contribution in [2.45, 2.75) is 82.9 Å². The second-order valence-corrected chi connectivity index (χ2v) is 18.3. The monoisotopic (exact) mass is 791 g/mol. The number of carboxylic acid groups (broad SMARTS) is 1. The Morgan fingerprint density at radius 2 is 1.77 bits per heavy atom. The lowest BCUT2D eigenvalue weighted by Gasteiger charge is -2.44. The van der Waals surface area contributed by atoms with E-state index in [4.69, 9.17) is 23.9 Å². The normalized spacial score (nSPS) is 21.2. The van der Waals surface area contributed by atoms with Crippen LogP contribution in [0.4, 0.5) is 0 Å². The van der Waals surface area contributed by atoms with Crippen LogP contribution < -0.4 is 9.47 Å². The Morgan fingerprint density at radius 1 is 1.02 bits per heavy atom. The Labute approximate surface area is 328 Å². The summed E-state index contributed by atoms with van der Waals surface area (Å²) in [5, 5.41) is 19.6. The van der Waals surface area contributed by atoms with E-state index in [1.807, 2.05) is 42.8 Å². The minimum absolute atomic E-state index is 0.0684. The van der Waals surface area contributed by atoms with Crippen molar-refractivity contribution in [3.05, 3.63) is 64.5 Å². The molecule has 0 bridgehead atoms. The van der Waals surface area contributed by atoms with Crippen LogP contribution in [0.2, 0.25) is 0 Å². The summed E-state index contributed by atoms with van der Waals surface area (Å²) in [4.78, 5) is 25.3. The van der Waals surface area contributed by atoms with E-state index in [2.05, 4.69) is 20.2 Å². The summed E-state index contributed by atoms with van der Waals surface area (Å²) in [6.45, 7) is 13.6. The number of aryl methyl sites for hydroxylation is 2. The van der Waals surface area contributed by atoms with Crippen molar-refractivity contribution in [3.8, 4) is 11.8 Å². The molecule has 0 amide bonds. The number of benzene rings is 1.